The van der Waals surface area contributed by atoms with Crippen LogP contribution in [0.4, 0.5) is 4.39 Å². The Labute approximate surface area is 234 Å². The molecule has 1 aliphatic rings. The Morgan fingerprint density at radius 2 is 1.48 bits per heavy atom. The molecule has 0 N–H and O–H groups in total. The van der Waals surface area contributed by atoms with Crippen LogP contribution in [0.15, 0.2) is 109 Å². The first-order valence-corrected chi connectivity index (χ1v) is 13.9. The molecule has 5 aromatic rings. The summed E-state index contributed by atoms with van der Waals surface area (Å²) in [7, 11) is 0. The van der Waals surface area contributed by atoms with Crippen LogP contribution < -0.4 is 0 Å². The van der Waals surface area contributed by atoms with E-state index in [2.05, 4.69) is 58.4 Å². The maximum Gasteiger partial charge on any atom is 0.223 e. The highest BCUT2D eigenvalue weighted by Crippen LogP contribution is 2.32. The average Bonchev–Trinajstić information content (AvgIpc) is 3.40. The van der Waals surface area contributed by atoms with Crippen LogP contribution in [-0.2, 0) is 4.79 Å². The number of rotatable bonds is 7. The molecular formula is C34H33FN4O. The van der Waals surface area contributed by atoms with Gasteiger partial charge in [0.15, 0.2) is 0 Å². The van der Waals surface area contributed by atoms with E-state index in [1.807, 2.05) is 58.9 Å². The van der Waals surface area contributed by atoms with E-state index in [0.717, 1.165) is 35.6 Å². The van der Waals surface area contributed by atoms with Crippen LogP contribution in [0.2, 0.25) is 0 Å². The van der Waals surface area contributed by atoms with Gasteiger partial charge in [-0.2, -0.15) is 0 Å². The lowest BCUT2D eigenvalue weighted by molar-refractivity contribution is -0.133. The van der Waals surface area contributed by atoms with E-state index in [4.69, 9.17) is 0 Å². The van der Waals surface area contributed by atoms with Crippen LogP contribution >= 0.6 is 0 Å². The fraction of sp³-hybridized carbons (Fsp3) is 0.235. The van der Waals surface area contributed by atoms with Gasteiger partial charge in [-0.25, -0.2) is 9.37 Å². The van der Waals surface area contributed by atoms with Crippen molar-refractivity contribution < 1.29 is 9.18 Å². The number of halogens is 1. The lowest BCUT2D eigenvalue weighted by Gasteiger charge is -2.40. The molecular weight excluding hydrogens is 499 g/mol. The van der Waals surface area contributed by atoms with Crippen molar-refractivity contribution in [1.82, 2.24) is 19.2 Å². The number of aromatic nitrogens is 2. The van der Waals surface area contributed by atoms with E-state index < -0.39 is 0 Å². The van der Waals surface area contributed by atoms with Crippen molar-refractivity contribution in [1.29, 1.82) is 0 Å². The molecule has 6 rings (SSSR count). The number of hydrogen-bond acceptors (Lipinski definition) is 3. The second kappa shape index (κ2) is 11.4. The van der Waals surface area contributed by atoms with Crippen molar-refractivity contribution in [3.63, 3.8) is 0 Å². The molecule has 0 aliphatic carbocycles. The molecule has 2 aromatic heterocycles. The summed E-state index contributed by atoms with van der Waals surface area (Å²) >= 11 is 0. The first kappa shape index (κ1) is 26.0. The van der Waals surface area contributed by atoms with Gasteiger partial charge >= 0.3 is 0 Å². The minimum absolute atomic E-state index is 0.0759. The fourth-order valence-electron chi connectivity index (χ4n) is 5.89. The SMILES string of the molecule is Cc1ccn2c(C(CC(=O)N3CCN(C(c4ccccc4)c4ccccc4)CC3)c3cccc(F)c3)cnc2c1. The zero-order chi connectivity index (χ0) is 27.5. The summed E-state index contributed by atoms with van der Waals surface area (Å²) in [5.74, 6) is -0.534. The zero-order valence-electron chi connectivity index (χ0n) is 22.7. The van der Waals surface area contributed by atoms with Crippen LogP contribution in [-0.4, -0.2) is 51.3 Å². The molecule has 40 heavy (non-hydrogen) atoms. The molecule has 0 spiro atoms. The van der Waals surface area contributed by atoms with Gasteiger partial charge in [-0.1, -0.05) is 72.8 Å². The van der Waals surface area contributed by atoms with E-state index in [-0.39, 0.29) is 30.1 Å². The molecule has 1 atom stereocenters. The van der Waals surface area contributed by atoms with Gasteiger partial charge in [-0.15, -0.1) is 0 Å². The van der Waals surface area contributed by atoms with E-state index in [1.54, 1.807) is 6.07 Å². The number of piperazine rings is 1. The maximum atomic E-state index is 14.3. The second-order valence-corrected chi connectivity index (χ2v) is 10.6. The number of aryl methyl sites for hydroxylation is 1. The number of hydrogen-bond donors (Lipinski definition) is 0. The van der Waals surface area contributed by atoms with E-state index in [1.165, 1.54) is 23.3 Å². The van der Waals surface area contributed by atoms with Gasteiger partial charge < -0.3 is 9.30 Å². The molecule has 0 bridgehead atoms. The third kappa shape index (κ3) is 5.40. The molecule has 1 saturated heterocycles. The highest BCUT2D eigenvalue weighted by Gasteiger charge is 2.30. The summed E-state index contributed by atoms with van der Waals surface area (Å²) in [6.45, 7) is 4.88. The molecule has 1 unspecified atom stereocenters. The smallest absolute Gasteiger partial charge is 0.223 e. The number of imidazole rings is 1. The number of carbonyl (C=O) groups excluding carboxylic acids is 1. The van der Waals surface area contributed by atoms with Crippen LogP contribution in [0, 0.1) is 12.7 Å². The molecule has 0 radical (unpaired) electrons. The predicted octanol–water partition coefficient (Wildman–Crippen LogP) is 6.24. The molecule has 0 saturated carbocycles. The molecule has 1 aliphatic heterocycles. The average molecular weight is 533 g/mol. The van der Waals surface area contributed by atoms with Gasteiger partial charge in [-0.3, -0.25) is 9.69 Å². The molecule has 1 amide bonds. The Bertz CT molecular complexity index is 1550. The van der Waals surface area contributed by atoms with Crippen molar-refractivity contribution in [2.75, 3.05) is 26.2 Å². The van der Waals surface area contributed by atoms with E-state index in [0.29, 0.717) is 13.1 Å². The Balaban J connectivity index is 1.22. The number of benzene rings is 3. The van der Waals surface area contributed by atoms with Crippen molar-refractivity contribution in [3.05, 3.63) is 143 Å². The van der Waals surface area contributed by atoms with Crippen molar-refractivity contribution in [3.8, 4) is 0 Å². The standard InChI is InChI=1S/C34H33FN4O/c1-25-15-16-39-31(24-36-32(39)21-25)30(28-13-8-14-29(35)22-28)23-33(40)37-17-19-38(20-18-37)34(26-9-4-2-5-10-26)27-11-6-3-7-12-27/h2-16,21-22,24,30,34H,17-20,23H2,1H3. The summed E-state index contributed by atoms with van der Waals surface area (Å²) in [6, 6.07) is 31.9. The Kier molecular flexibility index (Phi) is 7.43. The molecule has 1 fully saturated rings. The largest absolute Gasteiger partial charge is 0.340 e. The fourth-order valence-corrected chi connectivity index (χ4v) is 5.89. The van der Waals surface area contributed by atoms with Gasteiger partial charge in [0.25, 0.3) is 0 Å². The first-order valence-electron chi connectivity index (χ1n) is 13.9. The summed E-state index contributed by atoms with van der Waals surface area (Å²) in [5, 5.41) is 0. The quantitative estimate of drug-likeness (QED) is 0.249. The van der Waals surface area contributed by atoms with E-state index in [9.17, 15) is 9.18 Å². The molecule has 3 aromatic carbocycles. The summed E-state index contributed by atoms with van der Waals surface area (Å²) < 4.78 is 16.3. The summed E-state index contributed by atoms with van der Waals surface area (Å²) in [6.07, 6.45) is 4.06. The maximum absolute atomic E-state index is 14.3. The first-order chi connectivity index (χ1) is 19.6. The lowest BCUT2D eigenvalue weighted by atomic mass is 9.91. The van der Waals surface area contributed by atoms with Gasteiger partial charge in [0.1, 0.15) is 11.5 Å². The van der Waals surface area contributed by atoms with Gasteiger partial charge in [-0.05, 0) is 53.4 Å². The highest BCUT2D eigenvalue weighted by atomic mass is 19.1. The van der Waals surface area contributed by atoms with Gasteiger partial charge in [0.2, 0.25) is 5.91 Å². The number of carbonyl (C=O) groups is 1. The van der Waals surface area contributed by atoms with Crippen molar-refractivity contribution in [2.45, 2.75) is 25.3 Å². The molecule has 3 heterocycles. The normalized spacial score (nSPS) is 15.0. The third-order valence-electron chi connectivity index (χ3n) is 7.95. The van der Waals surface area contributed by atoms with Crippen LogP contribution in [0.25, 0.3) is 5.65 Å². The Hall–Kier alpha value is -4.29. The monoisotopic (exact) mass is 532 g/mol. The van der Waals surface area contributed by atoms with Gasteiger partial charge in [0.05, 0.1) is 11.7 Å². The third-order valence-corrected chi connectivity index (χ3v) is 7.95. The number of nitrogens with zero attached hydrogens (tertiary/aromatic N) is 4. The van der Waals surface area contributed by atoms with Gasteiger partial charge in [0, 0.05) is 50.9 Å². The number of amides is 1. The Morgan fingerprint density at radius 1 is 0.825 bits per heavy atom. The predicted molar refractivity (Wildman–Crippen MR) is 156 cm³/mol. The van der Waals surface area contributed by atoms with Crippen molar-refractivity contribution >= 4 is 11.6 Å². The zero-order valence-corrected chi connectivity index (χ0v) is 22.7. The summed E-state index contributed by atoms with van der Waals surface area (Å²) in [5.41, 5.74) is 6.11. The second-order valence-electron chi connectivity index (χ2n) is 10.6. The minimum Gasteiger partial charge on any atom is -0.340 e. The van der Waals surface area contributed by atoms with Crippen molar-refractivity contribution in [2.24, 2.45) is 0 Å². The Morgan fingerprint density at radius 3 is 2.12 bits per heavy atom. The topological polar surface area (TPSA) is 40.9 Å². The highest BCUT2D eigenvalue weighted by molar-refractivity contribution is 5.78. The number of pyridine rings is 1. The molecule has 6 heteroatoms. The van der Waals surface area contributed by atoms with Crippen LogP contribution in [0.3, 0.4) is 0 Å². The minimum atomic E-state index is -0.305. The molecule has 202 valence electrons. The molecule has 5 nitrogen and oxygen atoms in total. The van der Waals surface area contributed by atoms with E-state index >= 15 is 0 Å². The summed E-state index contributed by atoms with van der Waals surface area (Å²) in [4.78, 5) is 22.8. The lowest BCUT2D eigenvalue weighted by Crippen LogP contribution is -2.50. The van der Waals surface area contributed by atoms with Crippen LogP contribution in [0.1, 0.15) is 46.3 Å². The van der Waals surface area contributed by atoms with Crippen LogP contribution in [0.5, 0.6) is 0 Å². The number of fused-ring (bicyclic) bond motifs is 1.